The average Bonchev–Trinajstić information content (AvgIpc) is 2.46. The lowest BCUT2D eigenvalue weighted by Crippen LogP contribution is -2.56. The zero-order valence-corrected chi connectivity index (χ0v) is 12.8. The lowest BCUT2D eigenvalue weighted by atomic mass is 9.86. The quantitative estimate of drug-likeness (QED) is 0.842. The minimum absolute atomic E-state index is 0.0481. The zero-order valence-electron chi connectivity index (χ0n) is 12.8. The summed E-state index contributed by atoms with van der Waals surface area (Å²) < 4.78 is 5.51. The van der Waals surface area contributed by atoms with Gasteiger partial charge >= 0.3 is 0 Å². The third-order valence-electron chi connectivity index (χ3n) is 4.32. The molecule has 1 heterocycles. The number of primary amides is 1. The Kier molecular flexibility index (Phi) is 4.66. The molecule has 1 amide bonds. The molecule has 0 saturated carbocycles. The topological polar surface area (TPSA) is 81.6 Å². The van der Waals surface area contributed by atoms with Crippen LogP contribution in [-0.4, -0.2) is 42.6 Å². The minimum Gasteiger partial charge on any atom is -0.378 e. The van der Waals surface area contributed by atoms with Gasteiger partial charge in [-0.05, 0) is 25.8 Å². The molecule has 5 nitrogen and oxygen atoms in total. The molecule has 0 aromatic heterocycles. The predicted octanol–water partition coefficient (Wildman–Crippen LogP) is 0.827. The molecule has 1 fully saturated rings. The van der Waals surface area contributed by atoms with Crippen LogP contribution in [0.4, 0.5) is 0 Å². The van der Waals surface area contributed by atoms with E-state index in [9.17, 15) is 4.79 Å². The molecule has 1 aliphatic rings. The molecule has 0 bridgehead atoms. The molecule has 21 heavy (non-hydrogen) atoms. The molecule has 0 spiro atoms. The molecule has 0 radical (unpaired) electrons. The van der Waals surface area contributed by atoms with Crippen LogP contribution in [0.3, 0.4) is 0 Å². The van der Waals surface area contributed by atoms with E-state index in [4.69, 9.17) is 16.2 Å². The minimum atomic E-state index is -1.13. The summed E-state index contributed by atoms with van der Waals surface area (Å²) in [6.07, 6.45) is 0.496. The van der Waals surface area contributed by atoms with E-state index >= 15 is 0 Å². The Hall–Kier alpha value is -1.43. The fraction of sp³-hybridized carbons (Fsp3) is 0.562. The number of nitrogens with zero attached hydrogens (tertiary/aromatic N) is 1. The lowest BCUT2D eigenvalue weighted by molar-refractivity contribution is -0.124. The van der Waals surface area contributed by atoms with E-state index in [-0.39, 0.29) is 5.54 Å². The normalized spacial score (nSPS) is 21.7. The summed E-state index contributed by atoms with van der Waals surface area (Å²) in [7, 11) is 0. The van der Waals surface area contributed by atoms with Crippen molar-refractivity contribution in [2.75, 3.05) is 26.3 Å². The second kappa shape index (κ2) is 6.13. The van der Waals surface area contributed by atoms with Crippen LogP contribution in [0.25, 0.3) is 0 Å². The van der Waals surface area contributed by atoms with Gasteiger partial charge in [0.1, 0.15) is 5.54 Å². The molecule has 1 aromatic rings. The van der Waals surface area contributed by atoms with Crippen molar-refractivity contribution < 1.29 is 9.53 Å². The highest BCUT2D eigenvalue weighted by Crippen LogP contribution is 2.25. The summed E-state index contributed by atoms with van der Waals surface area (Å²) in [6, 6.07) is 9.36. The third-order valence-corrected chi connectivity index (χ3v) is 4.32. The summed E-state index contributed by atoms with van der Waals surface area (Å²) in [5.41, 5.74) is 11.5. The van der Waals surface area contributed by atoms with Gasteiger partial charge in [0, 0.05) is 18.6 Å². The number of hydrogen-bond donors (Lipinski definition) is 2. The Morgan fingerprint density at radius 2 is 2.05 bits per heavy atom. The summed E-state index contributed by atoms with van der Waals surface area (Å²) in [5.74, 6) is -0.486. The van der Waals surface area contributed by atoms with Crippen molar-refractivity contribution >= 4 is 5.91 Å². The second-order valence-corrected chi connectivity index (χ2v) is 6.30. The second-order valence-electron chi connectivity index (χ2n) is 6.30. The largest absolute Gasteiger partial charge is 0.378 e. The van der Waals surface area contributed by atoms with Crippen molar-refractivity contribution in [3.8, 4) is 0 Å². The molecule has 2 rings (SSSR count). The van der Waals surface area contributed by atoms with Gasteiger partial charge in [0.15, 0.2) is 0 Å². The Labute approximate surface area is 126 Å². The van der Waals surface area contributed by atoms with Crippen molar-refractivity contribution in [1.29, 1.82) is 0 Å². The van der Waals surface area contributed by atoms with Crippen LogP contribution in [0.2, 0.25) is 0 Å². The number of carbonyl (C=O) groups excluding carboxylic acids is 1. The molecule has 5 heteroatoms. The number of amides is 1. The van der Waals surface area contributed by atoms with E-state index in [1.165, 1.54) is 0 Å². The zero-order chi connectivity index (χ0) is 15.5. The van der Waals surface area contributed by atoms with Crippen LogP contribution < -0.4 is 11.5 Å². The summed E-state index contributed by atoms with van der Waals surface area (Å²) in [5, 5.41) is 0. The number of hydrogen-bond acceptors (Lipinski definition) is 4. The Bertz CT molecular complexity index is 490. The smallest absolute Gasteiger partial charge is 0.242 e. The van der Waals surface area contributed by atoms with E-state index in [0.717, 1.165) is 12.1 Å². The molecule has 0 aliphatic carbocycles. The van der Waals surface area contributed by atoms with Crippen LogP contribution >= 0.6 is 0 Å². The first-order valence-corrected chi connectivity index (χ1v) is 7.33. The number of nitrogens with two attached hydrogens (primary N) is 2. The maximum Gasteiger partial charge on any atom is 0.242 e. The van der Waals surface area contributed by atoms with Crippen LogP contribution in [0, 0.1) is 0 Å². The first-order valence-electron chi connectivity index (χ1n) is 7.33. The molecular formula is C16H25N3O2. The number of rotatable bonds is 5. The highest BCUT2D eigenvalue weighted by Gasteiger charge is 2.37. The third kappa shape index (κ3) is 3.43. The molecule has 1 unspecified atom stereocenters. The molecule has 1 aromatic carbocycles. The monoisotopic (exact) mass is 291 g/mol. The molecule has 1 atom stereocenters. The Balaban J connectivity index is 2.12. The molecule has 116 valence electrons. The van der Waals surface area contributed by atoms with Gasteiger partial charge in [0.2, 0.25) is 5.91 Å². The molecular weight excluding hydrogens is 266 g/mol. The van der Waals surface area contributed by atoms with Crippen molar-refractivity contribution in [3.63, 3.8) is 0 Å². The number of benzene rings is 1. The fourth-order valence-electron chi connectivity index (χ4n) is 2.76. The Morgan fingerprint density at radius 1 is 1.38 bits per heavy atom. The Morgan fingerprint density at radius 3 is 2.62 bits per heavy atom. The fourth-order valence-corrected chi connectivity index (χ4v) is 2.76. The van der Waals surface area contributed by atoms with Crippen molar-refractivity contribution in [3.05, 3.63) is 35.9 Å². The summed E-state index contributed by atoms with van der Waals surface area (Å²) >= 11 is 0. The first kappa shape index (κ1) is 15.9. The molecule has 1 aliphatic heterocycles. The number of morpholine rings is 1. The van der Waals surface area contributed by atoms with Crippen LogP contribution in [0.5, 0.6) is 0 Å². The van der Waals surface area contributed by atoms with Crippen LogP contribution in [0.15, 0.2) is 30.3 Å². The highest BCUT2D eigenvalue weighted by atomic mass is 16.5. The van der Waals surface area contributed by atoms with Gasteiger partial charge in [0.25, 0.3) is 0 Å². The van der Waals surface area contributed by atoms with Gasteiger partial charge in [-0.2, -0.15) is 0 Å². The lowest BCUT2D eigenvalue weighted by Gasteiger charge is -2.43. The molecule has 1 saturated heterocycles. The van der Waals surface area contributed by atoms with E-state index in [2.05, 4.69) is 18.7 Å². The van der Waals surface area contributed by atoms with Crippen molar-refractivity contribution in [2.24, 2.45) is 11.5 Å². The van der Waals surface area contributed by atoms with Gasteiger partial charge in [-0.3, -0.25) is 9.69 Å². The highest BCUT2D eigenvalue weighted by molar-refractivity contribution is 5.85. The van der Waals surface area contributed by atoms with Gasteiger partial charge in [-0.25, -0.2) is 0 Å². The van der Waals surface area contributed by atoms with E-state index in [0.29, 0.717) is 26.2 Å². The maximum absolute atomic E-state index is 11.9. The van der Waals surface area contributed by atoms with E-state index in [1.54, 1.807) is 0 Å². The molecule has 4 N–H and O–H groups in total. The summed E-state index contributed by atoms with van der Waals surface area (Å²) in [6.45, 7) is 7.23. The average molecular weight is 291 g/mol. The maximum atomic E-state index is 11.9. The SMILES string of the molecule is CC1(C)COCCN1CCC(N)(C(N)=O)c1ccccc1. The first-order chi connectivity index (χ1) is 9.86. The van der Waals surface area contributed by atoms with Crippen molar-refractivity contribution in [2.45, 2.75) is 31.3 Å². The van der Waals surface area contributed by atoms with E-state index < -0.39 is 11.4 Å². The van der Waals surface area contributed by atoms with Crippen LogP contribution in [0.1, 0.15) is 25.8 Å². The summed E-state index contributed by atoms with van der Waals surface area (Å²) in [4.78, 5) is 14.2. The van der Waals surface area contributed by atoms with Gasteiger partial charge < -0.3 is 16.2 Å². The van der Waals surface area contributed by atoms with Gasteiger partial charge in [-0.15, -0.1) is 0 Å². The predicted molar refractivity (Wildman–Crippen MR) is 82.6 cm³/mol. The van der Waals surface area contributed by atoms with Crippen molar-refractivity contribution in [1.82, 2.24) is 4.90 Å². The van der Waals surface area contributed by atoms with Gasteiger partial charge in [0.05, 0.1) is 13.2 Å². The van der Waals surface area contributed by atoms with E-state index in [1.807, 2.05) is 30.3 Å². The number of carbonyl (C=O) groups is 1. The standard InChI is InChI=1S/C16H25N3O2/c1-15(2)12-21-11-10-19(15)9-8-16(18,14(17)20)13-6-4-3-5-7-13/h3-7H,8-12,18H2,1-2H3,(H2,17,20). The van der Waals surface area contributed by atoms with Gasteiger partial charge in [-0.1, -0.05) is 30.3 Å². The van der Waals surface area contributed by atoms with Crippen LogP contribution in [-0.2, 0) is 15.1 Å². The number of ether oxygens (including phenoxy) is 1.